The van der Waals surface area contributed by atoms with Gasteiger partial charge in [0, 0.05) is 6.61 Å². The number of ether oxygens (including phenoxy) is 2. The largest absolute Gasteiger partial charge is 0.423 e. The molecule has 190 valence electrons. The molecule has 7 heteroatoms. The fraction of sp³-hybridized carbons (Fsp3) is 0.536. The van der Waals surface area contributed by atoms with Crippen molar-refractivity contribution in [2.24, 2.45) is 5.92 Å². The molecule has 0 atom stereocenters. The van der Waals surface area contributed by atoms with Gasteiger partial charge in [0.15, 0.2) is 11.6 Å². The van der Waals surface area contributed by atoms with E-state index in [0.717, 1.165) is 5.56 Å². The van der Waals surface area contributed by atoms with Gasteiger partial charge in [-0.1, -0.05) is 18.2 Å². The molecule has 0 radical (unpaired) electrons. The van der Waals surface area contributed by atoms with Crippen LogP contribution in [0, 0.1) is 23.4 Å². The SMILES string of the molecule is CCOCc1ccc(C2CCC(C(=O)Oc3ccc(C4CCC(O)CC4)c(F)c3F)CC2)c(F)c1. The highest BCUT2D eigenvalue weighted by Crippen LogP contribution is 2.39. The van der Waals surface area contributed by atoms with Crippen LogP contribution in [0.5, 0.6) is 5.75 Å². The van der Waals surface area contributed by atoms with Crippen molar-refractivity contribution >= 4 is 5.97 Å². The first-order valence-corrected chi connectivity index (χ1v) is 12.6. The summed E-state index contributed by atoms with van der Waals surface area (Å²) in [4.78, 5) is 12.7. The number of aliphatic hydroxyl groups excluding tert-OH is 1. The standard InChI is InChI=1S/C28H33F3O4/c1-2-34-16-17-3-12-22(24(29)15-17)18-4-6-20(7-5-18)28(33)35-25-14-13-23(26(30)27(25)31)19-8-10-21(32)11-9-19/h3,12-15,18-21,32H,2,4-11,16H2,1H3. The minimum atomic E-state index is -1.15. The average Bonchev–Trinajstić information content (AvgIpc) is 2.86. The Balaban J connectivity index is 1.34. The van der Waals surface area contributed by atoms with Gasteiger partial charge in [0.25, 0.3) is 0 Å². The Morgan fingerprint density at radius 3 is 2.17 bits per heavy atom. The van der Waals surface area contributed by atoms with E-state index in [2.05, 4.69) is 0 Å². The molecule has 0 heterocycles. The van der Waals surface area contributed by atoms with Gasteiger partial charge in [-0.15, -0.1) is 0 Å². The van der Waals surface area contributed by atoms with Crippen LogP contribution in [0.25, 0.3) is 0 Å². The lowest BCUT2D eigenvalue weighted by atomic mass is 9.78. The molecule has 4 rings (SSSR count). The number of aliphatic hydroxyl groups is 1. The fourth-order valence-electron chi connectivity index (χ4n) is 5.37. The van der Waals surface area contributed by atoms with Crippen LogP contribution in [-0.2, 0) is 16.1 Å². The van der Waals surface area contributed by atoms with Crippen molar-refractivity contribution in [3.8, 4) is 5.75 Å². The smallest absolute Gasteiger partial charge is 0.314 e. The number of hydrogen-bond donors (Lipinski definition) is 1. The maximum Gasteiger partial charge on any atom is 0.314 e. The molecule has 0 saturated heterocycles. The van der Waals surface area contributed by atoms with Crippen LogP contribution < -0.4 is 4.74 Å². The average molecular weight is 491 g/mol. The molecule has 2 aliphatic carbocycles. The number of carbonyl (C=O) groups is 1. The zero-order valence-electron chi connectivity index (χ0n) is 20.1. The molecule has 1 N–H and O–H groups in total. The Hall–Kier alpha value is -2.38. The topological polar surface area (TPSA) is 55.8 Å². The Bertz CT molecular complexity index is 1030. The maximum absolute atomic E-state index is 14.7. The van der Waals surface area contributed by atoms with Crippen molar-refractivity contribution in [3.63, 3.8) is 0 Å². The predicted octanol–water partition coefficient (Wildman–Crippen LogP) is 6.54. The van der Waals surface area contributed by atoms with Gasteiger partial charge < -0.3 is 14.6 Å². The van der Waals surface area contributed by atoms with Gasteiger partial charge in [-0.05, 0) is 98.9 Å². The summed E-state index contributed by atoms with van der Waals surface area (Å²) in [6.45, 7) is 2.82. The van der Waals surface area contributed by atoms with Gasteiger partial charge in [-0.25, -0.2) is 8.78 Å². The highest BCUT2D eigenvalue weighted by molar-refractivity contribution is 5.75. The van der Waals surface area contributed by atoms with Gasteiger partial charge in [-0.3, -0.25) is 4.79 Å². The Morgan fingerprint density at radius 2 is 1.51 bits per heavy atom. The van der Waals surface area contributed by atoms with E-state index in [0.29, 0.717) is 70.1 Å². The lowest BCUT2D eigenvalue weighted by Gasteiger charge is -2.28. The molecular formula is C28H33F3O4. The molecule has 0 aromatic heterocycles. The Morgan fingerprint density at radius 1 is 0.886 bits per heavy atom. The Labute approximate surface area is 204 Å². The number of halogens is 3. The number of esters is 1. The molecule has 0 aliphatic heterocycles. The van der Waals surface area contributed by atoms with E-state index < -0.39 is 29.3 Å². The van der Waals surface area contributed by atoms with Crippen molar-refractivity contribution in [1.29, 1.82) is 0 Å². The summed E-state index contributed by atoms with van der Waals surface area (Å²) in [5, 5.41) is 9.65. The molecule has 0 unspecified atom stereocenters. The van der Waals surface area contributed by atoms with Gasteiger partial charge in [0.1, 0.15) is 5.82 Å². The summed E-state index contributed by atoms with van der Waals surface area (Å²) >= 11 is 0. The molecule has 2 aromatic rings. The van der Waals surface area contributed by atoms with E-state index in [-0.39, 0.29) is 29.3 Å². The molecule has 0 amide bonds. The first-order valence-electron chi connectivity index (χ1n) is 12.6. The van der Waals surface area contributed by atoms with E-state index in [1.807, 2.05) is 13.0 Å². The van der Waals surface area contributed by atoms with Crippen LogP contribution in [0.1, 0.15) is 86.8 Å². The Kier molecular flexibility index (Phi) is 8.50. The molecule has 2 fully saturated rings. The maximum atomic E-state index is 14.7. The van der Waals surface area contributed by atoms with Crippen molar-refractivity contribution in [3.05, 3.63) is 64.5 Å². The lowest BCUT2D eigenvalue weighted by Crippen LogP contribution is -2.26. The van der Waals surface area contributed by atoms with Crippen LogP contribution in [0.2, 0.25) is 0 Å². The number of benzene rings is 2. The van der Waals surface area contributed by atoms with E-state index in [9.17, 15) is 23.1 Å². The van der Waals surface area contributed by atoms with Gasteiger partial charge in [0.2, 0.25) is 5.82 Å². The van der Waals surface area contributed by atoms with Gasteiger partial charge >= 0.3 is 5.97 Å². The van der Waals surface area contributed by atoms with Crippen LogP contribution in [0.15, 0.2) is 30.3 Å². The van der Waals surface area contributed by atoms with Crippen LogP contribution in [0.4, 0.5) is 13.2 Å². The van der Waals surface area contributed by atoms with Crippen LogP contribution in [-0.4, -0.2) is 23.8 Å². The van der Waals surface area contributed by atoms with Gasteiger partial charge in [0.05, 0.1) is 18.6 Å². The molecule has 0 bridgehead atoms. The summed E-state index contributed by atoms with van der Waals surface area (Å²) in [6, 6.07) is 7.96. The minimum absolute atomic E-state index is 0.00247. The molecule has 0 spiro atoms. The first kappa shape index (κ1) is 25.7. The summed E-state index contributed by atoms with van der Waals surface area (Å²) in [5.74, 6) is -3.96. The zero-order valence-corrected chi connectivity index (χ0v) is 20.1. The van der Waals surface area contributed by atoms with E-state index >= 15 is 0 Å². The number of rotatable bonds is 7. The van der Waals surface area contributed by atoms with Crippen molar-refractivity contribution < 1.29 is 32.5 Å². The second-order valence-electron chi connectivity index (χ2n) is 9.75. The van der Waals surface area contributed by atoms with E-state index in [1.165, 1.54) is 18.2 Å². The third kappa shape index (κ3) is 6.07. The second-order valence-corrected chi connectivity index (χ2v) is 9.75. The van der Waals surface area contributed by atoms with Crippen LogP contribution >= 0.6 is 0 Å². The molecular weight excluding hydrogens is 457 g/mol. The minimum Gasteiger partial charge on any atom is -0.423 e. The predicted molar refractivity (Wildman–Crippen MR) is 126 cm³/mol. The molecule has 2 aromatic carbocycles. The highest BCUT2D eigenvalue weighted by Gasteiger charge is 2.31. The third-order valence-corrected chi connectivity index (χ3v) is 7.46. The molecule has 35 heavy (non-hydrogen) atoms. The number of carbonyl (C=O) groups excluding carboxylic acids is 1. The first-order chi connectivity index (χ1) is 16.9. The van der Waals surface area contributed by atoms with Crippen molar-refractivity contribution in [2.75, 3.05) is 6.61 Å². The van der Waals surface area contributed by atoms with E-state index in [4.69, 9.17) is 9.47 Å². The van der Waals surface area contributed by atoms with Crippen molar-refractivity contribution in [2.45, 2.75) is 82.8 Å². The molecule has 2 saturated carbocycles. The van der Waals surface area contributed by atoms with Gasteiger partial charge in [-0.2, -0.15) is 4.39 Å². The van der Waals surface area contributed by atoms with Crippen molar-refractivity contribution in [1.82, 2.24) is 0 Å². The normalized spacial score (nSPS) is 24.8. The van der Waals surface area contributed by atoms with Crippen LogP contribution in [0.3, 0.4) is 0 Å². The summed E-state index contributed by atoms with van der Waals surface area (Å²) in [6.07, 6.45) is 4.15. The second kappa shape index (κ2) is 11.6. The quantitative estimate of drug-likeness (QED) is 0.354. The summed E-state index contributed by atoms with van der Waals surface area (Å²) in [7, 11) is 0. The highest BCUT2D eigenvalue weighted by atomic mass is 19.2. The lowest BCUT2D eigenvalue weighted by molar-refractivity contribution is -0.140. The zero-order chi connectivity index (χ0) is 24.9. The number of hydrogen-bond acceptors (Lipinski definition) is 4. The molecule has 4 nitrogen and oxygen atoms in total. The monoisotopic (exact) mass is 490 g/mol. The molecule has 2 aliphatic rings. The fourth-order valence-corrected chi connectivity index (χ4v) is 5.37. The summed E-state index contributed by atoms with van der Waals surface area (Å²) in [5.41, 5.74) is 1.69. The summed E-state index contributed by atoms with van der Waals surface area (Å²) < 4.78 is 54.7. The third-order valence-electron chi connectivity index (χ3n) is 7.46. The van der Waals surface area contributed by atoms with E-state index in [1.54, 1.807) is 6.07 Å².